The van der Waals surface area contributed by atoms with Gasteiger partial charge in [0, 0.05) is 46.8 Å². The molecule has 13 heteroatoms. The van der Waals surface area contributed by atoms with Gasteiger partial charge in [0.1, 0.15) is 24.2 Å². The van der Waals surface area contributed by atoms with E-state index in [2.05, 4.69) is 21.3 Å². The smallest absolute Gasteiger partial charge is 0.290 e. The number of amides is 1. The number of aromatic nitrogens is 1. The third kappa shape index (κ3) is 12.2. The third-order valence-corrected chi connectivity index (χ3v) is 8.86. The molecule has 1 atom stereocenters. The van der Waals surface area contributed by atoms with Crippen molar-refractivity contribution in [1.29, 1.82) is 0 Å². The van der Waals surface area contributed by atoms with E-state index in [9.17, 15) is 4.79 Å². The van der Waals surface area contributed by atoms with Gasteiger partial charge in [-0.2, -0.15) is 0 Å². The highest BCUT2D eigenvalue weighted by Crippen LogP contribution is 2.36. The highest BCUT2D eigenvalue weighted by molar-refractivity contribution is 6.35. The van der Waals surface area contributed by atoms with Crippen molar-refractivity contribution in [2.45, 2.75) is 51.0 Å². The molecule has 0 radical (unpaired) electrons. The summed E-state index contributed by atoms with van der Waals surface area (Å²) in [5, 5.41) is 19.0. The van der Waals surface area contributed by atoms with Gasteiger partial charge >= 0.3 is 0 Å². The van der Waals surface area contributed by atoms with Gasteiger partial charge in [-0.1, -0.05) is 53.0 Å². The van der Waals surface area contributed by atoms with Crippen molar-refractivity contribution < 1.29 is 29.3 Å². The number of hydrogen-bond donors (Lipinski definition) is 3. The van der Waals surface area contributed by atoms with Gasteiger partial charge < -0.3 is 25.2 Å². The molecule has 47 heavy (non-hydrogen) atoms. The van der Waals surface area contributed by atoms with E-state index in [0.29, 0.717) is 52.9 Å². The second kappa shape index (κ2) is 19.9. The second-order valence-electron chi connectivity index (χ2n) is 11.2. The van der Waals surface area contributed by atoms with Gasteiger partial charge in [-0.3, -0.25) is 19.3 Å². The summed E-state index contributed by atoms with van der Waals surface area (Å²) in [6, 6.07) is 16.6. The number of carboxylic acid groups (broad SMARTS) is 2. The fourth-order valence-electron chi connectivity index (χ4n) is 5.80. The average Bonchev–Trinajstić information content (AvgIpc) is 3.56. The first-order chi connectivity index (χ1) is 22.7. The summed E-state index contributed by atoms with van der Waals surface area (Å²) < 4.78 is 6.26. The fraction of sp³-hybridized carbons (Fsp3) is 0.412. The number of rotatable bonds is 10. The van der Waals surface area contributed by atoms with Crippen molar-refractivity contribution >= 4 is 59.5 Å². The summed E-state index contributed by atoms with van der Waals surface area (Å²) in [6.07, 6.45) is 4.67. The molecule has 0 bridgehead atoms. The van der Waals surface area contributed by atoms with E-state index in [1.54, 1.807) is 12.1 Å². The van der Waals surface area contributed by atoms with Crippen LogP contribution in [0.5, 0.6) is 5.75 Å². The normalized spacial score (nSPS) is 15.4. The first kappa shape index (κ1) is 37.9. The monoisotopic (exact) mass is 706 g/mol. The Bertz CT molecular complexity index is 1440. The highest BCUT2D eigenvalue weighted by atomic mass is 35.5. The van der Waals surface area contributed by atoms with Crippen LogP contribution < -0.4 is 10.1 Å². The van der Waals surface area contributed by atoms with Gasteiger partial charge in [-0.25, -0.2) is 4.98 Å². The van der Waals surface area contributed by atoms with Crippen LogP contribution in [0.3, 0.4) is 0 Å². The number of nitrogens with one attached hydrogen (secondary N) is 1. The van der Waals surface area contributed by atoms with Crippen LogP contribution in [0.4, 0.5) is 5.82 Å². The number of anilines is 1. The minimum Gasteiger partial charge on any atom is -0.492 e. The van der Waals surface area contributed by atoms with E-state index in [-0.39, 0.29) is 18.9 Å². The number of benzene rings is 2. The first-order valence-electron chi connectivity index (χ1n) is 15.4. The lowest BCUT2D eigenvalue weighted by atomic mass is 9.88. The average molecular weight is 708 g/mol. The topological polar surface area (TPSA) is 132 Å². The Morgan fingerprint density at radius 3 is 2.26 bits per heavy atom. The van der Waals surface area contributed by atoms with Crippen molar-refractivity contribution in [1.82, 2.24) is 14.8 Å². The van der Waals surface area contributed by atoms with Gasteiger partial charge in [0.2, 0.25) is 5.91 Å². The summed E-state index contributed by atoms with van der Waals surface area (Å²) >= 11 is 19.0. The molecule has 0 saturated carbocycles. The van der Waals surface area contributed by atoms with Crippen LogP contribution in [-0.2, 0) is 20.8 Å². The number of ether oxygens (including phenoxy) is 1. The zero-order valence-electron chi connectivity index (χ0n) is 26.3. The summed E-state index contributed by atoms with van der Waals surface area (Å²) in [4.78, 5) is 39.6. The van der Waals surface area contributed by atoms with Crippen molar-refractivity contribution in [3.05, 3.63) is 86.5 Å². The summed E-state index contributed by atoms with van der Waals surface area (Å²) in [5.74, 6) is 1.87. The molecule has 2 aliphatic rings. The SMILES string of the molecule is Cc1cccc(N[C@H](Cc2ccc(Cl)cc2Cl)C(=O)N2CCC(c3ccc(Cl)cc3OCCN3CCCC3)CC2)n1.O=CO.O=CO. The van der Waals surface area contributed by atoms with Crippen molar-refractivity contribution in [2.75, 3.05) is 44.6 Å². The Balaban J connectivity index is 0.000000930. The molecule has 0 spiro atoms. The van der Waals surface area contributed by atoms with E-state index in [1.807, 2.05) is 48.2 Å². The van der Waals surface area contributed by atoms with E-state index in [4.69, 9.17) is 59.3 Å². The molecule has 3 N–H and O–H groups in total. The van der Waals surface area contributed by atoms with E-state index >= 15 is 0 Å². The van der Waals surface area contributed by atoms with Gasteiger partial charge in [-0.15, -0.1) is 0 Å². The predicted octanol–water partition coefficient (Wildman–Crippen LogP) is 6.66. The molecule has 0 aliphatic carbocycles. The zero-order valence-corrected chi connectivity index (χ0v) is 28.6. The summed E-state index contributed by atoms with van der Waals surface area (Å²) in [5.41, 5.74) is 2.92. The molecule has 1 amide bonds. The third-order valence-electron chi connectivity index (χ3n) is 8.03. The van der Waals surface area contributed by atoms with Crippen LogP contribution in [0.1, 0.15) is 48.4 Å². The number of hydrogen-bond acceptors (Lipinski definition) is 7. The Morgan fingerprint density at radius 2 is 1.62 bits per heavy atom. The maximum atomic E-state index is 13.9. The number of pyridine rings is 1. The number of piperidine rings is 1. The minimum absolute atomic E-state index is 0.0379. The molecule has 10 nitrogen and oxygen atoms in total. The van der Waals surface area contributed by atoms with Gasteiger partial charge in [-0.05, 0) is 99.1 Å². The Labute approximate surface area is 290 Å². The van der Waals surface area contributed by atoms with Crippen molar-refractivity contribution in [2.24, 2.45) is 0 Å². The Kier molecular flexibility index (Phi) is 16.1. The van der Waals surface area contributed by atoms with E-state index < -0.39 is 6.04 Å². The molecule has 1 aromatic heterocycles. The van der Waals surface area contributed by atoms with Crippen molar-refractivity contribution in [3.8, 4) is 5.75 Å². The largest absolute Gasteiger partial charge is 0.492 e. The van der Waals surface area contributed by atoms with Crippen LogP contribution in [0.2, 0.25) is 15.1 Å². The molecule has 2 fully saturated rings. The number of likely N-dealkylation sites (tertiary alicyclic amines) is 2. The maximum absolute atomic E-state index is 13.9. The van der Waals surface area contributed by atoms with Gasteiger partial charge in [0.25, 0.3) is 12.9 Å². The molecular formula is C34H41Cl3N4O6. The van der Waals surface area contributed by atoms with E-state index in [0.717, 1.165) is 49.5 Å². The number of aryl methyl sites for hydroxylation is 1. The standard InChI is InChI=1S/C32H37Cl3N4O2.2CH2O2/c1-22-5-4-6-31(36-22)37-29(19-24-7-8-25(33)20-28(24)35)32(40)39-15-11-23(12-16-39)27-10-9-26(34)21-30(27)41-18-17-38-13-2-3-14-38;2*2-1-3/h4-10,20-21,23,29H,2-3,11-19H2,1H3,(H,36,37);2*1H,(H,2,3)/t29-;;/m1../s1. The number of nitrogens with zero attached hydrogens (tertiary/aromatic N) is 3. The molecule has 5 rings (SSSR count). The quantitative estimate of drug-likeness (QED) is 0.198. The van der Waals surface area contributed by atoms with Gasteiger partial charge in [0.05, 0.1) is 0 Å². The minimum atomic E-state index is -0.514. The van der Waals surface area contributed by atoms with Crippen LogP contribution in [-0.4, -0.2) is 89.2 Å². The molecule has 3 heterocycles. The Morgan fingerprint density at radius 1 is 0.979 bits per heavy atom. The Hall–Kier alpha value is -3.57. The molecule has 2 saturated heterocycles. The van der Waals surface area contributed by atoms with Crippen LogP contribution in [0.25, 0.3) is 0 Å². The predicted molar refractivity (Wildman–Crippen MR) is 185 cm³/mol. The van der Waals surface area contributed by atoms with Crippen LogP contribution >= 0.6 is 34.8 Å². The van der Waals surface area contributed by atoms with Crippen LogP contribution in [0, 0.1) is 6.92 Å². The fourth-order valence-corrected chi connectivity index (χ4v) is 6.45. The number of carbonyl (C=O) groups excluding carboxylic acids is 1. The lowest BCUT2D eigenvalue weighted by molar-refractivity contribution is -0.133. The summed E-state index contributed by atoms with van der Waals surface area (Å²) in [6.45, 7) is 6.64. The second-order valence-corrected chi connectivity index (χ2v) is 12.5. The molecular weight excluding hydrogens is 667 g/mol. The maximum Gasteiger partial charge on any atom is 0.290 e. The number of halogens is 3. The lowest BCUT2D eigenvalue weighted by Gasteiger charge is -2.35. The van der Waals surface area contributed by atoms with Crippen molar-refractivity contribution in [3.63, 3.8) is 0 Å². The van der Waals surface area contributed by atoms with Crippen LogP contribution in [0.15, 0.2) is 54.6 Å². The molecule has 0 unspecified atom stereocenters. The highest BCUT2D eigenvalue weighted by Gasteiger charge is 2.31. The lowest BCUT2D eigenvalue weighted by Crippen LogP contribution is -2.47. The molecule has 2 aromatic carbocycles. The number of carbonyl (C=O) groups is 3. The zero-order chi connectivity index (χ0) is 34.2. The van der Waals surface area contributed by atoms with Gasteiger partial charge in [0.15, 0.2) is 0 Å². The molecule has 2 aliphatic heterocycles. The first-order valence-corrected chi connectivity index (χ1v) is 16.6. The molecule has 3 aromatic rings. The molecule has 254 valence electrons. The summed E-state index contributed by atoms with van der Waals surface area (Å²) in [7, 11) is 0. The van der Waals surface area contributed by atoms with E-state index in [1.165, 1.54) is 18.4 Å².